The maximum Gasteiger partial charge on any atom is 0.375 e. The van der Waals surface area contributed by atoms with E-state index >= 15 is 0 Å². The smallest absolute Gasteiger partial charge is 0.375 e. The van der Waals surface area contributed by atoms with Gasteiger partial charge in [0, 0.05) is 11.3 Å². The van der Waals surface area contributed by atoms with Crippen molar-refractivity contribution in [1.82, 2.24) is 4.98 Å². The summed E-state index contributed by atoms with van der Waals surface area (Å²) in [4.78, 5) is 39.2. The predicted molar refractivity (Wildman–Crippen MR) is 84.3 cm³/mol. The molecule has 128 valence electrons. The van der Waals surface area contributed by atoms with Crippen molar-refractivity contribution in [3.05, 3.63) is 46.2 Å². The van der Waals surface area contributed by atoms with Crippen LogP contribution in [0.1, 0.15) is 55.1 Å². The number of aromatic amines is 1. The minimum Gasteiger partial charge on any atom is -0.465 e. The lowest BCUT2D eigenvalue weighted by molar-refractivity contribution is 0.0286. The number of furan rings is 1. The van der Waals surface area contributed by atoms with E-state index in [1.807, 2.05) is 0 Å². The monoisotopic (exact) mass is 333 g/mol. The van der Waals surface area contributed by atoms with E-state index in [-0.39, 0.29) is 11.5 Å². The third kappa shape index (κ3) is 3.10. The highest BCUT2D eigenvalue weighted by Gasteiger charge is 2.28. The van der Waals surface area contributed by atoms with Crippen LogP contribution in [0.4, 0.5) is 0 Å². The molecule has 2 heterocycles. The number of hydrogen-bond donors (Lipinski definition) is 1. The number of ketones is 1. The molecule has 1 unspecified atom stereocenters. The maximum atomic E-state index is 12.5. The summed E-state index contributed by atoms with van der Waals surface area (Å²) >= 11 is 0. The first-order chi connectivity index (χ1) is 11.3. The van der Waals surface area contributed by atoms with E-state index in [1.165, 1.54) is 20.3 Å². The highest BCUT2D eigenvalue weighted by Crippen LogP contribution is 2.21. The molecule has 0 aliphatic carbocycles. The molecule has 7 nitrogen and oxygen atoms in total. The number of esters is 2. The molecule has 2 aromatic rings. The van der Waals surface area contributed by atoms with Gasteiger partial charge in [-0.1, -0.05) is 0 Å². The molecule has 24 heavy (non-hydrogen) atoms. The second kappa shape index (κ2) is 6.74. The number of hydrogen-bond acceptors (Lipinski definition) is 6. The lowest BCUT2D eigenvalue weighted by Crippen LogP contribution is -2.25. The number of aromatic nitrogens is 1. The van der Waals surface area contributed by atoms with Gasteiger partial charge in [0.2, 0.25) is 11.5 Å². The molecular formula is C17H19NO6. The fourth-order valence-electron chi connectivity index (χ4n) is 2.46. The van der Waals surface area contributed by atoms with Crippen molar-refractivity contribution in [2.24, 2.45) is 0 Å². The molecule has 1 atom stereocenters. The van der Waals surface area contributed by atoms with Crippen LogP contribution in [-0.4, -0.2) is 35.9 Å². The van der Waals surface area contributed by atoms with E-state index in [1.54, 1.807) is 26.8 Å². The Labute approximate surface area is 138 Å². The van der Waals surface area contributed by atoms with Crippen molar-refractivity contribution >= 4 is 17.7 Å². The molecule has 0 saturated carbocycles. The van der Waals surface area contributed by atoms with Crippen molar-refractivity contribution < 1.29 is 28.3 Å². The van der Waals surface area contributed by atoms with Gasteiger partial charge >= 0.3 is 11.9 Å². The Morgan fingerprint density at radius 3 is 2.38 bits per heavy atom. The number of aryl methyl sites for hydroxylation is 2. The lowest BCUT2D eigenvalue weighted by atomic mass is 10.1. The van der Waals surface area contributed by atoms with Crippen LogP contribution in [0.5, 0.6) is 0 Å². The lowest BCUT2D eigenvalue weighted by Gasteiger charge is -2.11. The van der Waals surface area contributed by atoms with Crippen molar-refractivity contribution in [2.45, 2.75) is 33.8 Å². The van der Waals surface area contributed by atoms with Gasteiger partial charge in [-0.15, -0.1) is 0 Å². The summed E-state index contributed by atoms with van der Waals surface area (Å²) in [7, 11) is 1.27. The van der Waals surface area contributed by atoms with E-state index in [0.717, 1.165) is 0 Å². The molecule has 0 spiro atoms. The molecule has 0 amide bonds. The minimum atomic E-state index is -1.04. The molecule has 1 N–H and O–H groups in total. The van der Waals surface area contributed by atoms with E-state index in [9.17, 15) is 14.4 Å². The number of carbonyl (C=O) groups is 3. The topological polar surface area (TPSA) is 98.6 Å². The van der Waals surface area contributed by atoms with Gasteiger partial charge in [-0.3, -0.25) is 4.79 Å². The largest absolute Gasteiger partial charge is 0.465 e. The maximum absolute atomic E-state index is 12.5. The number of methoxy groups -OCH3 is 1. The molecule has 0 bridgehead atoms. The highest BCUT2D eigenvalue weighted by atomic mass is 16.6. The number of ether oxygens (including phenoxy) is 2. The summed E-state index contributed by atoms with van der Waals surface area (Å²) in [6.07, 6.45) is 0.337. The molecule has 0 aliphatic heterocycles. The van der Waals surface area contributed by atoms with Gasteiger partial charge in [0.15, 0.2) is 6.10 Å². The van der Waals surface area contributed by atoms with Crippen LogP contribution >= 0.6 is 0 Å². The van der Waals surface area contributed by atoms with Crippen LogP contribution in [0.3, 0.4) is 0 Å². The number of nitrogens with one attached hydrogen (secondary N) is 1. The standard InChI is InChI=1S/C17H19NO6/c1-8-6-7-23-15(8)17(21)24-11(4)14(19)13-9(2)12(10(3)18-13)16(20)22-5/h6-7,11,18H,1-5H3. The summed E-state index contributed by atoms with van der Waals surface area (Å²) < 4.78 is 14.9. The van der Waals surface area contributed by atoms with Crippen molar-refractivity contribution in [1.29, 1.82) is 0 Å². The molecule has 0 fully saturated rings. The fraction of sp³-hybridized carbons (Fsp3) is 0.353. The summed E-state index contributed by atoms with van der Waals surface area (Å²) in [5.74, 6) is -1.63. The van der Waals surface area contributed by atoms with Crippen LogP contribution in [0.15, 0.2) is 16.7 Å². The second-order valence-electron chi connectivity index (χ2n) is 5.46. The van der Waals surface area contributed by atoms with Crippen LogP contribution in [0.25, 0.3) is 0 Å². The summed E-state index contributed by atoms with van der Waals surface area (Å²) in [6.45, 7) is 6.47. The Hall–Kier alpha value is -2.83. The number of Topliss-reactive ketones (excluding diaryl/α,β-unsaturated/α-hetero) is 1. The number of carbonyl (C=O) groups excluding carboxylic acids is 3. The number of H-pyrrole nitrogens is 1. The van der Waals surface area contributed by atoms with Gasteiger partial charge < -0.3 is 18.9 Å². The molecule has 0 aliphatic rings. The normalized spacial score (nSPS) is 11.9. The molecule has 7 heteroatoms. The average molecular weight is 333 g/mol. The summed E-state index contributed by atoms with van der Waals surface area (Å²) in [5, 5.41) is 0. The first-order valence-electron chi connectivity index (χ1n) is 7.34. The second-order valence-corrected chi connectivity index (χ2v) is 5.46. The van der Waals surface area contributed by atoms with Crippen LogP contribution in [-0.2, 0) is 9.47 Å². The Balaban J connectivity index is 2.21. The summed E-state index contributed by atoms with van der Waals surface area (Å²) in [6, 6.07) is 1.63. The molecule has 2 rings (SSSR count). The first kappa shape index (κ1) is 17.5. The van der Waals surface area contributed by atoms with Gasteiger partial charge in [-0.2, -0.15) is 0 Å². The predicted octanol–water partition coefficient (Wildman–Crippen LogP) is 2.75. The zero-order valence-corrected chi connectivity index (χ0v) is 14.2. The van der Waals surface area contributed by atoms with E-state index in [4.69, 9.17) is 13.9 Å². The van der Waals surface area contributed by atoms with Crippen LogP contribution < -0.4 is 0 Å². The molecule has 2 aromatic heterocycles. The van der Waals surface area contributed by atoms with Gasteiger partial charge in [0.05, 0.1) is 24.6 Å². The first-order valence-corrected chi connectivity index (χ1v) is 7.34. The van der Waals surface area contributed by atoms with E-state index in [0.29, 0.717) is 22.4 Å². The van der Waals surface area contributed by atoms with Crippen molar-refractivity contribution in [3.63, 3.8) is 0 Å². The zero-order chi connectivity index (χ0) is 18.0. The molecule has 0 aromatic carbocycles. The van der Waals surface area contributed by atoms with Gasteiger partial charge in [-0.25, -0.2) is 9.59 Å². The van der Waals surface area contributed by atoms with Gasteiger partial charge in [-0.05, 0) is 39.3 Å². The molecule has 0 radical (unpaired) electrons. The Bertz CT molecular complexity index is 798. The third-order valence-electron chi connectivity index (χ3n) is 3.77. The fourth-order valence-corrected chi connectivity index (χ4v) is 2.46. The third-order valence-corrected chi connectivity index (χ3v) is 3.77. The quantitative estimate of drug-likeness (QED) is 0.667. The zero-order valence-electron chi connectivity index (χ0n) is 14.2. The summed E-state index contributed by atoms with van der Waals surface area (Å²) in [5.41, 5.74) is 2.12. The van der Waals surface area contributed by atoms with Crippen LogP contribution in [0.2, 0.25) is 0 Å². The van der Waals surface area contributed by atoms with Crippen molar-refractivity contribution in [2.75, 3.05) is 7.11 Å². The molecule has 0 saturated heterocycles. The van der Waals surface area contributed by atoms with E-state index in [2.05, 4.69) is 4.98 Å². The van der Waals surface area contributed by atoms with Crippen LogP contribution in [0, 0.1) is 20.8 Å². The van der Waals surface area contributed by atoms with E-state index < -0.39 is 23.8 Å². The Morgan fingerprint density at radius 1 is 1.17 bits per heavy atom. The average Bonchev–Trinajstić information content (AvgIpc) is 3.09. The highest BCUT2D eigenvalue weighted by molar-refractivity contribution is 6.04. The number of rotatable bonds is 5. The molecular weight excluding hydrogens is 314 g/mol. The Kier molecular flexibility index (Phi) is 4.92. The minimum absolute atomic E-state index is 0.0595. The SMILES string of the molecule is COC(=O)c1c(C)[nH]c(C(=O)C(C)OC(=O)c2occc2C)c1C. The van der Waals surface area contributed by atoms with Gasteiger partial charge in [0.25, 0.3) is 0 Å². The van der Waals surface area contributed by atoms with Gasteiger partial charge in [0.1, 0.15) is 0 Å². The Morgan fingerprint density at radius 2 is 1.83 bits per heavy atom. The van der Waals surface area contributed by atoms with Crippen molar-refractivity contribution in [3.8, 4) is 0 Å².